The van der Waals surface area contributed by atoms with Crippen LogP contribution in [-0.4, -0.2) is 38.0 Å². The molecular formula is C27H28F2N4O4. The van der Waals surface area contributed by atoms with Gasteiger partial charge in [0.2, 0.25) is 5.91 Å². The fourth-order valence-electron chi connectivity index (χ4n) is 3.57. The maximum atomic E-state index is 13.4. The van der Waals surface area contributed by atoms with Gasteiger partial charge in [0.15, 0.2) is 29.1 Å². The average molecular weight is 511 g/mol. The molecule has 4 N–H and O–H groups in total. The van der Waals surface area contributed by atoms with Crippen LogP contribution in [0.15, 0.2) is 71.7 Å². The molecule has 3 rings (SSSR count). The van der Waals surface area contributed by atoms with Crippen molar-refractivity contribution in [1.29, 1.82) is 0 Å². The third kappa shape index (κ3) is 8.03. The quantitative estimate of drug-likeness (QED) is 0.286. The molecule has 0 radical (unpaired) electrons. The molecule has 0 aromatic heterocycles. The molecule has 0 spiro atoms. The van der Waals surface area contributed by atoms with Crippen LogP contribution in [0.2, 0.25) is 0 Å². The Kier molecular flexibility index (Phi) is 9.54. The maximum absolute atomic E-state index is 13.4. The first-order chi connectivity index (χ1) is 17.8. The van der Waals surface area contributed by atoms with Gasteiger partial charge >= 0.3 is 0 Å². The van der Waals surface area contributed by atoms with Gasteiger partial charge in [-0.15, -0.1) is 0 Å². The zero-order valence-electron chi connectivity index (χ0n) is 20.5. The highest BCUT2D eigenvalue weighted by Crippen LogP contribution is 2.27. The average Bonchev–Trinajstić information content (AvgIpc) is 2.89. The second-order valence-electron chi connectivity index (χ2n) is 8.11. The van der Waals surface area contributed by atoms with Gasteiger partial charge in [-0.2, -0.15) is 4.99 Å². The number of hydrogen-bond donors (Lipinski definition) is 3. The number of halogens is 2. The minimum Gasteiger partial charge on any atom is -0.493 e. The van der Waals surface area contributed by atoms with Gasteiger partial charge < -0.3 is 25.8 Å². The second kappa shape index (κ2) is 13.0. The first-order valence-corrected chi connectivity index (χ1v) is 11.4. The van der Waals surface area contributed by atoms with Crippen LogP contribution in [0.4, 0.5) is 8.78 Å². The molecule has 0 bridgehead atoms. The van der Waals surface area contributed by atoms with Gasteiger partial charge in [0.05, 0.1) is 20.6 Å². The molecule has 0 fully saturated rings. The van der Waals surface area contributed by atoms with Crippen LogP contribution in [0.25, 0.3) is 0 Å². The predicted octanol–water partition coefficient (Wildman–Crippen LogP) is 2.88. The van der Waals surface area contributed by atoms with E-state index in [-0.39, 0.29) is 36.8 Å². The summed E-state index contributed by atoms with van der Waals surface area (Å²) in [5.74, 6) is -2.29. The van der Waals surface area contributed by atoms with Crippen molar-refractivity contribution >= 4 is 17.8 Å². The van der Waals surface area contributed by atoms with E-state index < -0.39 is 23.6 Å². The molecule has 2 amide bonds. The van der Waals surface area contributed by atoms with E-state index in [0.717, 1.165) is 23.3 Å². The zero-order valence-corrected chi connectivity index (χ0v) is 20.5. The second-order valence-corrected chi connectivity index (χ2v) is 8.11. The van der Waals surface area contributed by atoms with E-state index in [9.17, 15) is 18.4 Å². The van der Waals surface area contributed by atoms with Crippen LogP contribution in [0.3, 0.4) is 0 Å². The number of nitrogens with zero attached hydrogens (tertiary/aromatic N) is 1. The Bertz CT molecular complexity index is 1270. The molecule has 0 saturated carbocycles. The highest BCUT2D eigenvalue weighted by Gasteiger charge is 2.20. The Labute approximate surface area is 213 Å². The lowest BCUT2D eigenvalue weighted by molar-refractivity contribution is -0.123. The third-order valence-electron chi connectivity index (χ3n) is 5.42. The van der Waals surface area contributed by atoms with Crippen LogP contribution < -0.4 is 25.8 Å². The Morgan fingerprint density at radius 3 is 2.27 bits per heavy atom. The topological polar surface area (TPSA) is 115 Å². The van der Waals surface area contributed by atoms with Gasteiger partial charge in [-0.1, -0.05) is 42.5 Å². The lowest BCUT2D eigenvalue weighted by atomic mass is 10.1. The molecule has 0 heterocycles. The summed E-state index contributed by atoms with van der Waals surface area (Å²) in [6, 6.07) is 16.9. The standard InChI is InChI=1S/C27H28F2N4O4/c1-36-23-11-9-19(14-24(23)37-2)16-31-26(35)22(13-17-6-4-3-5-7-17)32-27(30)33-25(34)15-18-8-10-20(28)21(29)12-18/h3-12,14,22H,13,15-16H2,1-2H3,(H,31,35)(H3,30,32,33,34). The van der Waals surface area contributed by atoms with Gasteiger partial charge in [0.1, 0.15) is 6.04 Å². The number of benzene rings is 3. The third-order valence-corrected chi connectivity index (χ3v) is 5.42. The summed E-state index contributed by atoms with van der Waals surface area (Å²) >= 11 is 0. The van der Waals surface area contributed by atoms with Crippen LogP contribution in [0.5, 0.6) is 11.5 Å². The smallest absolute Gasteiger partial charge is 0.253 e. The number of methoxy groups -OCH3 is 2. The van der Waals surface area contributed by atoms with Gasteiger partial charge in [-0.05, 0) is 41.0 Å². The fraction of sp³-hybridized carbons (Fsp3) is 0.222. The van der Waals surface area contributed by atoms with Crippen molar-refractivity contribution in [3.8, 4) is 11.5 Å². The number of guanidine groups is 1. The van der Waals surface area contributed by atoms with E-state index >= 15 is 0 Å². The molecule has 1 unspecified atom stereocenters. The Morgan fingerprint density at radius 1 is 0.892 bits per heavy atom. The molecule has 1 atom stereocenters. The fourth-order valence-corrected chi connectivity index (χ4v) is 3.57. The first kappa shape index (κ1) is 27.1. The molecule has 3 aromatic rings. The Hall–Kier alpha value is -4.47. The van der Waals surface area contributed by atoms with Crippen LogP contribution in [0, 0.1) is 11.6 Å². The van der Waals surface area contributed by atoms with E-state index in [0.29, 0.717) is 11.5 Å². The zero-order chi connectivity index (χ0) is 26.8. The molecule has 10 heteroatoms. The Balaban J connectivity index is 1.69. The van der Waals surface area contributed by atoms with E-state index in [1.165, 1.54) is 20.3 Å². The molecule has 0 aliphatic carbocycles. The molecule has 37 heavy (non-hydrogen) atoms. The van der Waals surface area contributed by atoms with Crippen LogP contribution in [-0.2, 0) is 29.0 Å². The lowest BCUT2D eigenvalue weighted by Crippen LogP contribution is -2.50. The number of amides is 2. The van der Waals surface area contributed by atoms with Crippen molar-refractivity contribution in [3.05, 3.63) is 95.1 Å². The number of aliphatic imine (C=N–C) groups is 1. The number of carbonyl (C=O) groups is 2. The molecule has 0 aliphatic heterocycles. The number of hydrogen-bond acceptors (Lipinski definition) is 4. The number of rotatable bonds is 10. The summed E-state index contributed by atoms with van der Waals surface area (Å²) < 4.78 is 37.1. The van der Waals surface area contributed by atoms with Crippen molar-refractivity contribution < 1.29 is 27.8 Å². The molecule has 0 saturated heterocycles. The van der Waals surface area contributed by atoms with Gasteiger partial charge in [0.25, 0.3) is 5.91 Å². The highest BCUT2D eigenvalue weighted by atomic mass is 19.2. The summed E-state index contributed by atoms with van der Waals surface area (Å²) in [7, 11) is 3.06. The van der Waals surface area contributed by atoms with Crippen molar-refractivity contribution in [3.63, 3.8) is 0 Å². The first-order valence-electron chi connectivity index (χ1n) is 11.4. The predicted molar refractivity (Wildman–Crippen MR) is 135 cm³/mol. The van der Waals surface area contributed by atoms with Crippen LogP contribution in [0.1, 0.15) is 16.7 Å². The highest BCUT2D eigenvalue weighted by molar-refractivity contribution is 5.95. The molecule has 3 aromatic carbocycles. The summed E-state index contributed by atoms with van der Waals surface area (Å²) in [6.07, 6.45) is -0.0133. The Morgan fingerprint density at radius 2 is 1.59 bits per heavy atom. The van der Waals surface area contributed by atoms with Gasteiger partial charge in [0, 0.05) is 13.0 Å². The van der Waals surface area contributed by atoms with E-state index in [4.69, 9.17) is 15.2 Å². The maximum Gasteiger partial charge on any atom is 0.253 e. The van der Waals surface area contributed by atoms with E-state index in [1.54, 1.807) is 18.2 Å². The minimum atomic E-state index is -1.06. The summed E-state index contributed by atoms with van der Waals surface area (Å²) in [4.78, 5) is 29.1. The van der Waals surface area contributed by atoms with Crippen molar-refractivity contribution in [2.24, 2.45) is 10.7 Å². The summed E-state index contributed by atoms with van der Waals surface area (Å²) in [6.45, 7) is 0.207. The summed E-state index contributed by atoms with van der Waals surface area (Å²) in [5, 5.41) is 5.64. The molecular weight excluding hydrogens is 482 g/mol. The summed E-state index contributed by atoms with van der Waals surface area (Å²) in [5.41, 5.74) is 7.82. The van der Waals surface area contributed by atoms with Crippen molar-refractivity contribution in [1.82, 2.24) is 10.6 Å². The molecule has 0 aliphatic rings. The van der Waals surface area contributed by atoms with Gasteiger partial charge in [-0.25, -0.2) is 8.78 Å². The number of carbonyl (C=O) groups excluding carboxylic acids is 2. The van der Waals surface area contributed by atoms with Crippen molar-refractivity contribution in [2.75, 3.05) is 14.2 Å². The minimum absolute atomic E-state index is 0.207. The SMILES string of the molecule is COc1ccc(CNC(=O)C(Cc2ccccc2)NC(N)=NC(=O)Cc2ccc(F)c(F)c2)cc1OC. The largest absolute Gasteiger partial charge is 0.493 e. The molecule has 194 valence electrons. The van der Waals surface area contributed by atoms with E-state index in [2.05, 4.69) is 15.6 Å². The number of nitrogens with one attached hydrogen (secondary N) is 2. The van der Waals surface area contributed by atoms with Crippen molar-refractivity contribution in [2.45, 2.75) is 25.4 Å². The normalized spacial score (nSPS) is 11.9. The lowest BCUT2D eigenvalue weighted by Gasteiger charge is -2.19. The van der Waals surface area contributed by atoms with Crippen LogP contribution >= 0.6 is 0 Å². The number of nitrogens with two attached hydrogens (primary N) is 1. The molecule has 8 nitrogen and oxygen atoms in total. The number of ether oxygens (including phenoxy) is 2. The monoisotopic (exact) mass is 510 g/mol. The van der Waals surface area contributed by atoms with Gasteiger partial charge in [-0.3, -0.25) is 9.59 Å². The van der Waals surface area contributed by atoms with E-state index in [1.807, 2.05) is 30.3 Å².